The summed E-state index contributed by atoms with van der Waals surface area (Å²) < 4.78 is 7.64. The molecular formula is C12H16N2O. The van der Waals surface area contributed by atoms with Gasteiger partial charge < -0.3 is 4.42 Å². The average Bonchev–Trinajstić information content (AvgIpc) is 2.42. The van der Waals surface area contributed by atoms with E-state index in [4.69, 9.17) is 4.42 Å². The molecule has 0 aliphatic carbocycles. The van der Waals surface area contributed by atoms with E-state index in [1.165, 1.54) is 0 Å². The van der Waals surface area contributed by atoms with Crippen LogP contribution in [0.1, 0.15) is 20.8 Å². The molecule has 1 heterocycles. The van der Waals surface area contributed by atoms with Crippen molar-refractivity contribution in [1.29, 1.82) is 0 Å². The Morgan fingerprint density at radius 3 is 2.47 bits per heavy atom. The van der Waals surface area contributed by atoms with Crippen LogP contribution in [0.4, 0.5) is 0 Å². The quantitative estimate of drug-likeness (QED) is 0.648. The van der Waals surface area contributed by atoms with E-state index in [2.05, 4.69) is 25.8 Å². The highest BCUT2D eigenvalue weighted by atomic mass is 16.4. The summed E-state index contributed by atoms with van der Waals surface area (Å²) in [4.78, 5) is 4.52. The Morgan fingerprint density at radius 2 is 1.87 bits per heavy atom. The van der Waals surface area contributed by atoms with Crippen LogP contribution in [0.2, 0.25) is 0 Å². The van der Waals surface area contributed by atoms with Crippen LogP contribution < -0.4 is 5.68 Å². The molecule has 0 unspecified atom stereocenters. The molecule has 80 valence electrons. The van der Waals surface area contributed by atoms with Crippen LogP contribution in [-0.2, 0) is 7.05 Å². The van der Waals surface area contributed by atoms with Gasteiger partial charge in [0, 0.05) is 7.05 Å². The van der Waals surface area contributed by atoms with Gasteiger partial charge in [-0.25, -0.2) is 4.99 Å². The fourth-order valence-electron chi connectivity index (χ4n) is 1.48. The SMILES string of the molecule is Cn1c(=NC(C)(C)C)oc2ccccc21. The van der Waals surface area contributed by atoms with Crippen molar-refractivity contribution in [2.24, 2.45) is 12.0 Å². The first-order valence-corrected chi connectivity index (χ1v) is 5.08. The number of para-hydroxylation sites is 2. The van der Waals surface area contributed by atoms with Crippen molar-refractivity contribution in [2.45, 2.75) is 26.3 Å². The van der Waals surface area contributed by atoms with Crippen LogP contribution in [0, 0.1) is 0 Å². The van der Waals surface area contributed by atoms with Crippen LogP contribution >= 0.6 is 0 Å². The van der Waals surface area contributed by atoms with Crippen molar-refractivity contribution >= 4 is 11.1 Å². The molecule has 3 heteroatoms. The van der Waals surface area contributed by atoms with Gasteiger partial charge in [-0.1, -0.05) is 12.1 Å². The molecule has 0 saturated carbocycles. The predicted molar refractivity (Wildman–Crippen MR) is 60.5 cm³/mol. The number of rotatable bonds is 0. The fraction of sp³-hybridized carbons (Fsp3) is 0.417. The normalized spacial score (nSPS) is 13.7. The second-order valence-corrected chi connectivity index (χ2v) is 4.69. The predicted octanol–water partition coefficient (Wildman–Crippen LogP) is 2.47. The minimum atomic E-state index is -0.119. The van der Waals surface area contributed by atoms with Gasteiger partial charge in [0.25, 0.3) is 5.68 Å². The van der Waals surface area contributed by atoms with Gasteiger partial charge in [0.1, 0.15) is 0 Å². The van der Waals surface area contributed by atoms with Gasteiger partial charge in [0.05, 0.1) is 11.1 Å². The number of benzene rings is 1. The molecule has 0 bridgehead atoms. The van der Waals surface area contributed by atoms with Crippen molar-refractivity contribution in [3.05, 3.63) is 29.9 Å². The Hall–Kier alpha value is -1.51. The van der Waals surface area contributed by atoms with E-state index in [0.717, 1.165) is 11.1 Å². The number of aryl methyl sites for hydroxylation is 1. The maximum atomic E-state index is 5.67. The monoisotopic (exact) mass is 204 g/mol. The molecule has 0 fully saturated rings. The molecule has 0 spiro atoms. The second kappa shape index (κ2) is 3.26. The molecule has 15 heavy (non-hydrogen) atoms. The summed E-state index contributed by atoms with van der Waals surface area (Å²) in [5, 5.41) is 0. The molecule has 0 saturated heterocycles. The summed E-state index contributed by atoms with van der Waals surface area (Å²) in [6, 6.07) is 7.95. The zero-order valence-corrected chi connectivity index (χ0v) is 9.61. The number of hydrogen-bond donors (Lipinski definition) is 0. The zero-order valence-electron chi connectivity index (χ0n) is 9.61. The van der Waals surface area contributed by atoms with Gasteiger partial charge in [-0.05, 0) is 32.9 Å². The van der Waals surface area contributed by atoms with Crippen molar-refractivity contribution in [3.8, 4) is 0 Å². The van der Waals surface area contributed by atoms with Crippen LogP contribution in [0.3, 0.4) is 0 Å². The fourth-order valence-corrected chi connectivity index (χ4v) is 1.48. The standard InChI is InChI=1S/C12H16N2O/c1-12(2,3)13-11-14(4)9-7-5-6-8-10(9)15-11/h5-8H,1-4H3. The Balaban J connectivity index is 2.74. The van der Waals surface area contributed by atoms with Crippen LogP contribution in [0.15, 0.2) is 33.7 Å². The molecule has 0 N–H and O–H groups in total. The largest absolute Gasteiger partial charge is 0.424 e. The lowest BCUT2D eigenvalue weighted by atomic mass is 10.1. The summed E-state index contributed by atoms with van der Waals surface area (Å²) in [6.45, 7) is 6.17. The molecule has 3 nitrogen and oxygen atoms in total. The van der Waals surface area contributed by atoms with Crippen LogP contribution in [-0.4, -0.2) is 10.1 Å². The third-order valence-corrected chi connectivity index (χ3v) is 2.15. The zero-order chi connectivity index (χ0) is 11.1. The Labute approximate surface area is 89.1 Å². The molecule has 0 atom stereocenters. The van der Waals surface area contributed by atoms with Gasteiger partial charge >= 0.3 is 0 Å². The molecule has 2 rings (SSSR count). The van der Waals surface area contributed by atoms with Gasteiger partial charge in [0.15, 0.2) is 5.58 Å². The highest BCUT2D eigenvalue weighted by Crippen LogP contribution is 2.11. The smallest absolute Gasteiger partial charge is 0.297 e. The maximum absolute atomic E-state index is 5.67. The van der Waals surface area contributed by atoms with E-state index in [1.54, 1.807) is 0 Å². The third-order valence-electron chi connectivity index (χ3n) is 2.15. The number of fused-ring (bicyclic) bond motifs is 1. The van der Waals surface area contributed by atoms with E-state index >= 15 is 0 Å². The van der Waals surface area contributed by atoms with E-state index in [-0.39, 0.29) is 5.54 Å². The molecule has 1 aromatic heterocycles. The second-order valence-electron chi connectivity index (χ2n) is 4.69. The number of hydrogen-bond acceptors (Lipinski definition) is 2. The third kappa shape index (κ3) is 1.96. The van der Waals surface area contributed by atoms with Gasteiger partial charge in [-0.2, -0.15) is 0 Å². The van der Waals surface area contributed by atoms with E-state index < -0.39 is 0 Å². The summed E-state index contributed by atoms with van der Waals surface area (Å²) in [5.41, 5.74) is 2.50. The number of oxazole rings is 1. The molecule has 0 amide bonds. The average molecular weight is 204 g/mol. The minimum absolute atomic E-state index is 0.119. The van der Waals surface area contributed by atoms with Crippen molar-refractivity contribution < 1.29 is 4.42 Å². The van der Waals surface area contributed by atoms with Crippen molar-refractivity contribution in [3.63, 3.8) is 0 Å². The molecular weight excluding hydrogens is 188 g/mol. The topological polar surface area (TPSA) is 30.4 Å². The van der Waals surface area contributed by atoms with Crippen LogP contribution in [0.25, 0.3) is 11.1 Å². The lowest BCUT2D eigenvalue weighted by Crippen LogP contribution is -2.21. The molecule has 0 aliphatic heterocycles. The van der Waals surface area contributed by atoms with Crippen LogP contribution in [0.5, 0.6) is 0 Å². The Morgan fingerprint density at radius 1 is 1.20 bits per heavy atom. The minimum Gasteiger partial charge on any atom is -0.424 e. The molecule has 2 aromatic rings. The Kier molecular flexibility index (Phi) is 2.18. The van der Waals surface area contributed by atoms with E-state index in [1.807, 2.05) is 35.9 Å². The van der Waals surface area contributed by atoms with Gasteiger partial charge in [-0.15, -0.1) is 0 Å². The van der Waals surface area contributed by atoms with Gasteiger partial charge in [0.2, 0.25) is 0 Å². The van der Waals surface area contributed by atoms with E-state index in [0.29, 0.717) is 5.68 Å². The molecule has 1 aromatic carbocycles. The summed E-state index contributed by atoms with van der Waals surface area (Å²) in [6.07, 6.45) is 0. The first kappa shape index (κ1) is 10.0. The van der Waals surface area contributed by atoms with E-state index in [9.17, 15) is 0 Å². The van der Waals surface area contributed by atoms with Gasteiger partial charge in [-0.3, -0.25) is 4.57 Å². The number of nitrogens with zero attached hydrogens (tertiary/aromatic N) is 2. The van der Waals surface area contributed by atoms with Crippen molar-refractivity contribution in [2.75, 3.05) is 0 Å². The summed E-state index contributed by atoms with van der Waals surface area (Å²) in [7, 11) is 1.97. The number of aromatic nitrogens is 1. The molecule has 0 radical (unpaired) electrons. The Bertz CT molecular complexity index is 540. The summed E-state index contributed by atoms with van der Waals surface area (Å²) in [5.74, 6) is 0. The maximum Gasteiger partial charge on any atom is 0.297 e. The van der Waals surface area contributed by atoms with Crippen molar-refractivity contribution in [1.82, 2.24) is 4.57 Å². The highest BCUT2D eigenvalue weighted by Gasteiger charge is 2.09. The summed E-state index contributed by atoms with van der Waals surface area (Å²) >= 11 is 0. The first-order valence-electron chi connectivity index (χ1n) is 5.08. The lowest BCUT2D eigenvalue weighted by molar-refractivity contribution is 0.449. The lowest BCUT2D eigenvalue weighted by Gasteiger charge is -2.09. The molecule has 0 aliphatic rings. The highest BCUT2D eigenvalue weighted by molar-refractivity contribution is 5.72. The first-order chi connectivity index (χ1) is 6.97.